The normalized spacial score (nSPS) is 15.9. The van der Waals surface area contributed by atoms with Crippen LogP contribution in [0.15, 0.2) is 22.7 Å². The first kappa shape index (κ1) is 7.95. The van der Waals surface area contributed by atoms with Crippen LogP contribution in [0.2, 0.25) is 0 Å². The molecule has 1 aliphatic heterocycles. The fourth-order valence-corrected chi connectivity index (χ4v) is 1.73. The van der Waals surface area contributed by atoms with Crippen LogP contribution in [0.1, 0.15) is 15.9 Å². The molecule has 0 aromatic heterocycles. The van der Waals surface area contributed by atoms with Gasteiger partial charge in [-0.2, -0.15) is 0 Å². The summed E-state index contributed by atoms with van der Waals surface area (Å²) in [5.74, 6) is 0.178. The highest BCUT2D eigenvalue weighted by atomic mass is 79.9. The highest BCUT2D eigenvalue weighted by Gasteiger charge is 2.15. The average Bonchev–Trinajstić information content (AvgIpc) is 2.07. The fourth-order valence-electron chi connectivity index (χ4n) is 1.37. The maximum atomic E-state index is 11.4. The minimum absolute atomic E-state index is 0.178. The highest BCUT2D eigenvalue weighted by molar-refractivity contribution is 9.10. The van der Waals surface area contributed by atoms with Gasteiger partial charge in [-0.05, 0) is 17.7 Å². The SMILES string of the molecule is O=C1CNCc2ccc(Br)cc21. The third-order valence-corrected chi connectivity index (χ3v) is 2.47. The van der Waals surface area contributed by atoms with Crippen molar-refractivity contribution in [1.82, 2.24) is 5.32 Å². The van der Waals surface area contributed by atoms with E-state index in [0.29, 0.717) is 6.54 Å². The second kappa shape index (κ2) is 2.99. The van der Waals surface area contributed by atoms with Crippen LogP contribution in [0, 0.1) is 0 Å². The molecule has 0 atom stereocenters. The van der Waals surface area contributed by atoms with E-state index in [1.807, 2.05) is 18.2 Å². The zero-order valence-corrected chi connectivity index (χ0v) is 8.02. The first-order valence-corrected chi connectivity index (χ1v) is 4.59. The number of halogens is 1. The summed E-state index contributed by atoms with van der Waals surface area (Å²) in [4.78, 5) is 11.4. The first-order valence-electron chi connectivity index (χ1n) is 3.80. The van der Waals surface area contributed by atoms with Gasteiger partial charge in [0.05, 0.1) is 6.54 Å². The fraction of sp³-hybridized carbons (Fsp3) is 0.222. The molecule has 0 radical (unpaired) electrons. The lowest BCUT2D eigenvalue weighted by molar-refractivity contribution is 0.0982. The van der Waals surface area contributed by atoms with Crippen LogP contribution in [0.3, 0.4) is 0 Å². The topological polar surface area (TPSA) is 29.1 Å². The molecule has 3 heteroatoms. The zero-order chi connectivity index (χ0) is 8.55. The summed E-state index contributed by atoms with van der Waals surface area (Å²) >= 11 is 3.35. The Balaban J connectivity index is 2.54. The molecule has 62 valence electrons. The quantitative estimate of drug-likeness (QED) is 0.729. The largest absolute Gasteiger partial charge is 0.306 e. The van der Waals surface area contributed by atoms with E-state index in [4.69, 9.17) is 0 Å². The number of Topliss-reactive ketones (excluding diaryl/α,β-unsaturated/α-hetero) is 1. The molecule has 0 fully saturated rings. The van der Waals surface area contributed by atoms with Gasteiger partial charge in [-0.1, -0.05) is 22.0 Å². The van der Waals surface area contributed by atoms with Crippen molar-refractivity contribution in [3.05, 3.63) is 33.8 Å². The Morgan fingerprint density at radius 3 is 3.00 bits per heavy atom. The van der Waals surface area contributed by atoms with Gasteiger partial charge in [-0.3, -0.25) is 4.79 Å². The van der Waals surface area contributed by atoms with E-state index in [9.17, 15) is 4.79 Å². The monoisotopic (exact) mass is 225 g/mol. The second-order valence-corrected chi connectivity index (χ2v) is 3.74. The molecular formula is C9H8BrNO. The smallest absolute Gasteiger partial charge is 0.176 e. The maximum absolute atomic E-state index is 11.4. The van der Waals surface area contributed by atoms with E-state index in [1.165, 1.54) is 0 Å². The Morgan fingerprint density at radius 2 is 2.17 bits per heavy atom. The van der Waals surface area contributed by atoms with Gasteiger partial charge in [0.1, 0.15) is 0 Å². The third kappa shape index (κ3) is 1.30. The summed E-state index contributed by atoms with van der Waals surface area (Å²) in [6.45, 7) is 1.26. The second-order valence-electron chi connectivity index (χ2n) is 2.83. The lowest BCUT2D eigenvalue weighted by Crippen LogP contribution is -2.29. The van der Waals surface area contributed by atoms with Gasteiger partial charge < -0.3 is 5.32 Å². The van der Waals surface area contributed by atoms with Gasteiger partial charge in [0.15, 0.2) is 5.78 Å². The van der Waals surface area contributed by atoms with Crippen LogP contribution in [0.5, 0.6) is 0 Å². The number of rotatable bonds is 0. The van der Waals surface area contributed by atoms with Crippen molar-refractivity contribution in [2.24, 2.45) is 0 Å². The number of carbonyl (C=O) groups excluding carboxylic acids is 1. The van der Waals surface area contributed by atoms with E-state index >= 15 is 0 Å². The molecule has 2 rings (SSSR count). The molecule has 1 aliphatic rings. The Hall–Kier alpha value is -0.670. The molecule has 1 heterocycles. The number of hydrogen-bond acceptors (Lipinski definition) is 2. The van der Waals surface area contributed by atoms with Crippen molar-refractivity contribution in [1.29, 1.82) is 0 Å². The molecule has 0 bridgehead atoms. The van der Waals surface area contributed by atoms with Gasteiger partial charge in [0.2, 0.25) is 0 Å². The number of ketones is 1. The Kier molecular flexibility index (Phi) is 1.98. The predicted molar refractivity (Wildman–Crippen MR) is 50.2 cm³/mol. The number of carbonyl (C=O) groups is 1. The average molecular weight is 226 g/mol. The van der Waals surface area contributed by atoms with E-state index in [0.717, 1.165) is 22.1 Å². The van der Waals surface area contributed by atoms with Gasteiger partial charge in [-0.25, -0.2) is 0 Å². The van der Waals surface area contributed by atoms with E-state index in [1.54, 1.807) is 0 Å². The standard InChI is InChI=1S/C9H8BrNO/c10-7-2-1-6-4-11-5-9(12)8(6)3-7/h1-3,11H,4-5H2. The van der Waals surface area contributed by atoms with Gasteiger partial charge in [0.25, 0.3) is 0 Å². The van der Waals surface area contributed by atoms with E-state index in [2.05, 4.69) is 21.2 Å². The van der Waals surface area contributed by atoms with Crippen LogP contribution in [-0.4, -0.2) is 12.3 Å². The minimum atomic E-state index is 0.178. The summed E-state index contributed by atoms with van der Waals surface area (Å²) in [7, 11) is 0. The van der Waals surface area contributed by atoms with Crippen molar-refractivity contribution >= 4 is 21.7 Å². The van der Waals surface area contributed by atoms with Crippen molar-refractivity contribution in [3.63, 3.8) is 0 Å². The summed E-state index contributed by atoms with van der Waals surface area (Å²) in [6, 6.07) is 5.82. The molecule has 1 aromatic carbocycles. The van der Waals surface area contributed by atoms with Crippen molar-refractivity contribution in [3.8, 4) is 0 Å². The summed E-state index contributed by atoms with van der Waals surface area (Å²) in [5, 5.41) is 3.05. The Labute approximate surface area is 79.1 Å². The Morgan fingerprint density at radius 1 is 1.33 bits per heavy atom. The lowest BCUT2D eigenvalue weighted by Gasteiger charge is -2.15. The molecule has 1 N–H and O–H groups in total. The molecule has 0 saturated heterocycles. The summed E-state index contributed by atoms with van der Waals surface area (Å²) < 4.78 is 0.969. The lowest BCUT2D eigenvalue weighted by atomic mass is 10.0. The minimum Gasteiger partial charge on any atom is -0.306 e. The number of nitrogens with one attached hydrogen (secondary N) is 1. The molecule has 0 amide bonds. The summed E-state index contributed by atoms with van der Waals surface area (Å²) in [5.41, 5.74) is 1.94. The Bertz CT molecular complexity index is 335. The molecule has 0 aliphatic carbocycles. The van der Waals surface area contributed by atoms with Gasteiger partial charge >= 0.3 is 0 Å². The maximum Gasteiger partial charge on any atom is 0.176 e. The first-order chi connectivity index (χ1) is 5.77. The van der Waals surface area contributed by atoms with Crippen molar-refractivity contribution < 1.29 is 4.79 Å². The zero-order valence-electron chi connectivity index (χ0n) is 6.43. The van der Waals surface area contributed by atoms with Gasteiger partial charge in [-0.15, -0.1) is 0 Å². The van der Waals surface area contributed by atoms with Crippen LogP contribution >= 0.6 is 15.9 Å². The van der Waals surface area contributed by atoms with Crippen molar-refractivity contribution in [2.75, 3.05) is 6.54 Å². The molecule has 12 heavy (non-hydrogen) atoms. The molecule has 1 aromatic rings. The van der Waals surface area contributed by atoms with Crippen LogP contribution in [0.4, 0.5) is 0 Å². The van der Waals surface area contributed by atoms with Crippen LogP contribution in [0.25, 0.3) is 0 Å². The molecule has 0 spiro atoms. The number of benzene rings is 1. The van der Waals surface area contributed by atoms with E-state index < -0.39 is 0 Å². The molecule has 2 nitrogen and oxygen atoms in total. The van der Waals surface area contributed by atoms with E-state index in [-0.39, 0.29) is 5.78 Å². The predicted octanol–water partition coefficient (Wildman–Crippen LogP) is 1.73. The van der Waals surface area contributed by atoms with Crippen molar-refractivity contribution in [2.45, 2.75) is 6.54 Å². The highest BCUT2D eigenvalue weighted by Crippen LogP contribution is 2.19. The van der Waals surface area contributed by atoms with Crippen LogP contribution in [-0.2, 0) is 6.54 Å². The molecular weight excluding hydrogens is 218 g/mol. The number of fused-ring (bicyclic) bond motifs is 1. The molecule has 0 unspecified atom stereocenters. The third-order valence-electron chi connectivity index (χ3n) is 1.97. The molecule has 0 saturated carbocycles. The summed E-state index contributed by atoms with van der Waals surface area (Å²) in [6.07, 6.45) is 0. The van der Waals surface area contributed by atoms with Gasteiger partial charge in [0, 0.05) is 16.6 Å². The van der Waals surface area contributed by atoms with Crippen LogP contribution < -0.4 is 5.32 Å². The number of hydrogen-bond donors (Lipinski definition) is 1.